The van der Waals surface area contributed by atoms with Crippen LogP contribution in [0, 0.1) is 5.92 Å². The molecule has 0 atom stereocenters. The molecule has 0 radical (unpaired) electrons. The van der Waals surface area contributed by atoms with E-state index in [4.69, 9.17) is 4.74 Å². The lowest BCUT2D eigenvalue weighted by molar-refractivity contribution is -0.137. The topological polar surface area (TPSA) is 96.5 Å². The molecule has 0 aromatic rings. The van der Waals surface area contributed by atoms with E-state index in [1.54, 1.807) is 26.2 Å². The van der Waals surface area contributed by atoms with Crippen molar-refractivity contribution in [3.63, 3.8) is 0 Å². The zero-order chi connectivity index (χ0) is 17.6. The van der Waals surface area contributed by atoms with Gasteiger partial charge in [0.05, 0.1) is 0 Å². The van der Waals surface area contributed by atoms with Gasteiger partial charge in [-0.3, -0.25) is 20.4 Å². The van der Waals surface area contributed by atoms with Gasteiger partial charge in [0.2, 0.25) is 5.91 Å². The third-order valence-electron chi connectivity index (χ3n) is 3.33. The fraction of sp³-hybridized carbons (Fsp3) is 0.786. The summed E-state index contributed by atoms with van der Waals surface area (Å²) in [7, 11) is 0. The highest BCUT2D eigenvalue weighted by Crippen LogP contribution is 2.24. The van der Waals surface area contributed by atoms with Gasteiger partial charge in [0, 0.05) is 12.0 Å². The molecule has 0 unspecified atom stereocenters. The molecule has 1 aliphatic carbocycles. The number of carbonyl (C=O) groups is 3. The third kappa shape index (κ3) is 7.25. The summed E-state index contributed by atoms with van der Waals surface area (Å²) in [6.07, 6.45) is -1.58. The molecule has 1 saturated carbocycles. The summed E-state index contributed by atoms with van der Waals surface area (Å²) in [6.45, 7) is 5.30. The van der Waals surface area contributed by atoms with E-state index in [1.165, 1.54) is 0 Å². The Morgan fingerprint density at radius 2 is 1.61 bits per heavy atom. The number of alkyl halides is 2. The Morgan fingerprint density at radius 1 is 1.04 bits per heavy atom. The highest BCUT2D eigenvalue weighted by atomic mass is 19.3. The van der Waals surface area contributed by atoms with Crippen molar-refractivity contribution in [2.24, 2.45) is 5.92 Å². The maximum atomic E-state index is 12.0. The molecule has 1 fully saturated rings. The lowest BCUT2D eigenvalue weighted by atomic mass is 9.85. The molecule has 1 aliphatic rings. The number of nitrogens with one attached hydrogen (secondary N) is 3. The standard InChI is InChI=1S/C14H23F2N3O4/c1-14(2,3)23-13(22)17-9-6-4-8(5-7-9)11(20)18-19-12(21)10(15)16/h8-10H,4-7H2,1-3H3,(H,17,22)(H,18,20)(H,19,21). The van der Waals surface area contributed by atoms with Crippen LogP contribution in [0.1, 0.15) is 46.5 Å². The largest absolute Gasteiger partial charge is 0.444 e. The lowest BCUT2D eigenvalue weighted by Gasteiger charge is -2.29. The van der Waals surface area contributed by atoms with Crippen molar-refractivity contribution in [2.45, 2.75) is 64.5 Å². The van der Waals surface area contributed by atoms with Gasteiger partial charge in [-0.1, -0.05) is 0 Å². The van der Waals surface area contributed by atoms with Crippen LogP contribution in [0.3, 0.4) is 0 Å². The second kappa shape index (κ2) is 8.07. The fourth-order valence-corrected chi connectivity index (χ4v) is 2.25. The van der Waals surface area contributed by atoms with Gasteiger partial charge in [-0.2, -0.15) is 8.78 Å². The van der Waals surface area contributed by atoms with Gasteiger partial charge in [0.15, 0.2) is 0 Å². The molecule has 132 valence electrons. The second-order valence-corrected chi connectivity index (χ2v) is 6.47. The van der Waals surface area contributed by atoms with Gasteiger partial charge < -0.3 is 10.1 Å². The quantitative estimate of drug-likeness (QED) is 0.681. The van der Waals surface area contributed by atoms with Crippen LogP contribution in [-0.4, -0.2) is 36.0 Å². The highest BCUT2D eigenvalue weighted by molar-refractivity contribution is 5.84. The van der Waals surface area contributed by atoms with Gasteiger partial charge in [-0.25, -0.2) is 4.79 Å². The molecule has 9 heteroatoms. The number of carbonyl (C=O) groups excluding carboxylic acids is 3. The van der Waals surface area contributed by atoms with Gasteiger partial charge in [0.1, 0.15) is 5.60 Å². The number of amides is 3. The Labute approximate surface area is 133 Å². The first-order valence-electron chi connectivity index (χ1n) is 7.46. The number of alkyl carbamates (subject to hydrolysis) is 1. The van der Waals surface area contributed by atoms with Crippen LogP contribution in [-0.2, 0) is 14.3 Å². The van der Waals surface area contributed by atoms with Crippen molar-refractivity contribution in [1.82, 2.24) is 16.2 Å². The third-order valence-corrected chi connectivity index (χ3v) is 3.33. The van der Waals surface area contributed by atoms with E-state index in [0.717, 1.165) is 0 Å². The molecule has 0 aromatic heterocycles. The monoisotopic (exact) mass is 335 g/mol. The van der Waals surface area contributed by atoms with Crippen molar-refractivity contribution in [2.75, 3.05) is 0 Å². The normalized spacial score (nSPS) is 21.5. The summed E-state index contributed by atoms with van der Waals surface area (Å²) in [5, 5.41) is 2.74. The first-order chi connectivity index (χ1) is 10.6. The molecule has 23 heavy (non-hydrogen) atoms. The number of hydrazine groups is 1. The Morgan fingerprint density at radius 3 is 2.09 bits per heavy atom. The molecule has 3 amide bonds. The highest BCUT2D eigenvalue weighted by Gasteiger charge is 2.28. The Bertz CT molecular complexity index is 444. The number of halogens is 2. The van der Waals surface area contributed by atoms with Crippen molar-refractivity contribution in [1.29, 1.82) is 0 Å². The molecule has 7 nitrogen and oxygen atoms in total. The lowest BCUT2D eigenvalue weighted by Crippen LogP contribution is -2.48. The van der Waals surface area contributed by atoms with E-state index >= 15 is 0 Å². The SMILES string of the molecule is CC(C)(C)OC(=O)NC1CCC(C(=O)NNC(=O)C(F)F)CC1. The van der Waals surface area contributed by atoms with Crippen LogP contribution in [0.2, 0.25) is 0 Å². The summed E-state index contributed by atoms with van der Waals surface area (Å²) in [5.74, 6) is -2.43. The van der Waals surface area contributed by atoms with E-state index < -0.39 is 29.9 Å². The Kier molecular flexibility index (Phi) is 6.71. The second-order valence-electron chi connectivity index (χ2n) is 6.47. The van der Waals surface area contributed by atoms with Gasteiger partial charge >= 0.3 is 18.4 Å². The van der Waals surface area contributed by atoms with E-state index in [2.05, 4.69) is 5.32 Å². The average molecular weight is 335 g/mol. The van der Waals surface area contributed by atoms with Crippen LogP contribution in [0.5, 0.6) is 0 Å². The van der Waals surface area contributed by atoms with Crippen molar-refractivity contribution >= 4 is 17.9 Å². The summed E-state index contributed by atoms with van der Waals surface area (Å²) in [5.41, 5.74) is 3.08. The van der Waals surface area contributed by atoms with E-state index in [1.807, 2.05) is 5.43 Å². The van der Waals surface area contributed by atoms with Gasteiger partial charge in [-0.15, -0.1) is 0 Å². The predicted molar refractivity (Wildman–Crippen MR) is 77.4 cm³/mol. The zero-order valence-corrected chi connectivity index (χ0v) is 13.4. The smallest absolute Gasteiger partial charge is 0.407 e. The molecular weight excluding hydrogens is 312 g/mol. The Hall–Kier alpha value is -1.93. The van der Waals surface area contributed by atoms with Crippen LogP contribution >= 0.6 is 0 Å². The summed E-state index contributed by atoms with van der Waals surface area (Å²) < 4.78 is 29.1. The summed E-state index contributed by atoms with van der Waals surface area (Å²) >= 11 is 0. The molecule has 1 rings (SSSR count). The van der Waals surface area contributed by atoms with Crippen LogP contribution < -0.4 is 16.2 Å². The van der Waals surface area contributed by atoms with Crippen LogP contribution in [0.15, 0.2) is 0 Å². The molecule has 3 N–H and O–H groups in total. The molecule has 0 aromatic carbocycles. The zero-order valence-electron chi connectivity index (χ0n) is 13.4. The molecule has 0 heterocycles. The minimum atomic E-state index is -3.18. The molecule has 0 bridgehead atoms. The number of hydrogen-bond donors (Lipinski definition) is 3. The van der Waals surface area contributed by atoms with E-state index in [9.17, 15) is 23.2 Å². The molecule has 0 saturated heterocycles. The van der Waals surface area contributed by atoms with Gasteiger partial charge in [0.25, 0.3) is 0 Å². The molecule has 0 spiro atoms. The average Bonchev–Trinajstić information content (AvgIpc) is 2.42. The van der Waals surface area contributed by atoms with Crippen molar-refractivity contribution < 1.29 is 27.9 Å². The maximum absolute atomic E-state index is 12.0. The van der Waals surface area contributed by atoms with Crippen molar-refractivity contribution in [3.05, 3.63) is 0 Å². The first-order valence-corrected chi connectivity index (χ1v) is 7.46. The van der Waals surface area contributed by atoms with Crippen LogP contribution in [0.4, 0.5) is 13.6 Å². The number of hydrogen-bond acceptors (Lipinski definition) is 4. The molecular formula is C14H23F2N3O4. The minimum Gasteiger partial charge on any atom is -0.444 e. The van der Waals surface area contributed by atoms with Gasteiger partial charge in [-0.05, 0) is 46.5 Å². The van der Waals surface area contributed by atoms with E-state index in [-0.39, 0.29) is 12.0 Å². The summed E-state index contributed by atoms with van der Waals surface area (Å²) in [6, 6.07) is -0.0930. The first kappa shape index (κ1) is 19.1. The Balaban J connectivity index is 2.31. The maximum Gasteiger partial charge on any atom is 0.407 e. The molecule has 0 aliphatic heterocycles. The van der Waals surface area contributed by atoms with E-state index in [0.29, 0.717) is 25.7 Å². The number of rotatable bonds is 3. The van der Waals surface area contributed by atoms with Crippen LogP contribution in [0.25, 0.3) is 0 Å². The van der Waals surface area contributed by atoms with Crippen molar-refractivity contribution in [3.8, 4) is 0 Å². The number of ether oxygens (including phenoxy) is 1. The fourth-order valence-electron chi connectivity index (χ4n) is 2.25. The predicted octanol–water partition coefficient (Wildman–Crippen LogP) is 1.48. The summed E-state index contributed by atoms with van der Waals surface area (Å²) in [4.78, 5) is 34.1. The minimum absolute atomic E-state index is 0.0930.